The van der Waals surface area contributed by atoms with Crippen LogP contribution in [0.1, 0.15) is 15.9 Å². The minimum Gasteiger partial charge on any atom is -0.366 e. The zero-order valence-electron chi connectivity index (χ0n) is 13.3. The van der Waals surface area contributed by atoms with Crippen molar-refractivity contribution in [2.75, 3.05) is 0 Å². The zero-order valence-corrected chi connectivity index (χ0v) is 14.9. The predicted molar refractivity (Wildman–Crippen MR) is 99.7 cm³/mol. The molecule has 9 heteroatoms. The van der Waals surface area contributed by atoms with Gasteiger partial charge < -0.3 is 5.73 Å². The Morgan fingerprint density at radius 1 is 1.31 bits per heavy atom. The number of hydrogen-bond donors (Lipinski definition) is 1. The number of thioether (sulfide) groups is 1. The van der Waals surface area contributed by atoms with E-state index in [0.717, 1.165) is 5.69 Å². The molecule has 3 rings (SSSR count). The second kappa shape index (κ2) is 7.59. The Morgan fingerprint density at radius 3 is 2.81 bits per heavy atom. The maximum absolute atomic E-state index is 11.3. The van der Waals surface area contributed by atoms with E-state index in [2.05, 4.69) is 4.98 Å². The molecule has 1 amide bonds. The van der Waals surface area contributed by atoms with Gasteiger partial charge in [0.2, 0.25) is 5.91 Å². The Hall–Kier alpha value is -2.84. The molecule has 132 valence electrons. The number of nitrogens with zero attached hydrogens (tertiary/aromatic N) is 3. The van der Waals surface area contributed by atoms with Gasteiger partial charge in [0.25, 0.3) is 5.69 Å². The minimum absolute atomic E-state index is 0.103. The third-order valence-corrected chi connectivity index (χ3v) is 4.87. The molecule has 0 aliphatic carbocycles. The lowest BCUT2D eigenvalue weighted by Gasteiger charge is -2.08. The molecule has 1 aromatic heterocycles. The number of benzene rings is 2. The van der Waals surface area contributed by atoms with Crippen molar-refractivity contribution in [1.29, 1.82) is 0 Å². The number of amides is 1. The molecule has 0 radical (unpaired) electrons. The van der Waals surface area contributed by atoms with Crippen LogP contribution < -0.4 is 5.73 Å². The molecule has 0 saturated heterocycles. The van der Waals surface area contributed by atoms with Crippen molar-refractivity contribution in [3.63, 3.8) is 0 Å². The lowest BCUT2D eigenvalue weighted by Crippen LogP contribution is -2.11. The Balaban J connectivity index is 1.86. The van der Waals surface area contributed by atoms with Gasteiger partial charge in [-0.3, -0.25) is 19.5 Å². The molecule has 0 aliphatic heterocycles. The highest BCUT2D eigenvalue weighted by Crippen LogP contribution is 2.29. The molecule has 0 fully saturated rings. The Kier molecular flexibility index (Phi) is 5.24. The average molecular weight is 389 g/mol. The number of primary amides is 1. The molecule has 3 aromatic rings. The Labute approximate surface area is 157 Å². The minimum atomic E-state index is -0.705. The number of halogens is 1. The van der Waals surface area contributed by atoms with Crippen LogP contribution in [0.4, 0.5) is 5.69 Å². The van der Waals surface area contributed by atoms with E-state index in [0.29, 0.717) is 21.5 Å². The van der Waals surface area contributed by atoms with E-state index in [-0.39, 0.29) is 11.3 Å². The van der Waals surface area contributed by atoms with Gasteiger partial charge >= 0.3 is 0 Å². The lowest BCUT2D eigenvalue weighted by atomic mass is 10.1. The van der Waals surface area contributed by atoms with Crippen molar-refractivity contribution in [3.05, 3.63) is 81.1 Å². The number of carbonyl (C=O) groups excluding carboxylic acids is 1. The summed E-state index contributed by atoms with van der Waals surface area (Å²) in [6.07, 6.45) is 3.44. The van der Waals surface area contributed by atoms with Crippen molar-refractivity contribution >= 4 is 35.0 Å². The van der Waals surface area contributed by atoms with E-state index in [1.807, 2.05) is 16.7 Å². The summed E-state index contributed by atoms with van der Waals surface area (Å²) in [4.78, 5) is 26.3. The van der Waals surface area contributed by atoms with Crippen LogP contribution in [0.5, 0.6) is 0 Å². The zero-order chi connectivity index (χ0) is 18.7. The van der Waals surface area contributed by atoms with Crippen LogP contribution in [0, 0.1) is 10.1 Å². The van der Waals surface area contributed by atoms with Crippen LogP contribution in [-0.4, -0.2) is 20.4 Å². The van der Waals surface area contributed by atoms with E-state index in [1.54, 1.807) is 24.5 Å². The van der Waals surface area contributed by atoms with Crippen molar-refractivity contribution in [3.8, 4) is 5.69 Å². The number of rotatable bonds is 6. The van der Waals surface area contributed by atoms with Crippen LogP contribution in [-0.2, 0) is 5.75 Å². The monoisotopic (exact) mass is 388 g/mol. The Morgan fingerprint density at radius 2 is 2.12 bits per heavy atom. The highest BCUT2D eigenvalue weighted by molar-refractivity contribution is 7.98. The lowest BCUT2D eigenvalue weighted by molar-refractivity contribution is -0.385. The summed E-state index contributed by atoms with van der Waals surface area (Å²) in [5, 5.41) is 12.6. The second-order valence-electron chi connectivity index (χ2n) is 5.31. The average Bonchev–Trinajstić information content (AvgIpc) is 3.08. The van der Waals surface area contributed by atoms with Gasteiger partial charge in [-0.2, -0.15) is 0 Å². The van der Waals surface area contributed by atoms with Crippen LogP contribution in [0.15, 0.2) is 60.0 Å². The van der Waals surface area contributed by atoms with Crippen LogP contribution in [0.2, 0.25) is 5.02 Å². The van der Waals surface area contributed by atoms with E-state index in [4.69, 9.17) is 17.3 Å². The molecule has 0 atom stereocenters. The van der Waals surface area contributed by atoms with Crippen molar-refractivity contribution in [2.24, 2.45) is 5.73 Å². The van der Waals surface area contributed by atoms with Crippen molar-refractivity contribution in [2.45, 2.75) is 10.9 Å². The standard InChI is InChI=1S/C17H13ClN4O3S/c18-13-2-1-3-14(9-13)21-7-6-20-17(21)26-10-12-5-4-11(16(19)23)8-15(12)22(24)25/h1-9H,10H2,(H2,19,23). The van der Waals surface area contributed by atoms with Gasteiger partial charge in [-0.15, -0.1) is 0 Å². The molecule has 0 spiro atoms. The first kappa shape index (κ1) is 18.0. The topological polar surface area (TPSA) is 104 Å². The smallest absolute Gasteiger partial charge is 0.274 e. The highest BCUT2D eigenvalue weighted by Gasteiger charge is 2.17. The molecule has 7 nitrogen and oxygen atoms in total. The van der Waals surface area contributed by atoms with Gasteiger partial charge in [-0.25, -0.2) is 4.98 Å². The normalized spacial score (nSPS) is 10.7. The summed E-state index contributed by atoms with van der Waals surface area (Å²) in [6.45, 7) is 0. The first-order chi connectivity index (χ1) is 12.5. The molecule has 0 aliphatic rings. The van der Waals surface area contributed by atoms with Gasteiger partial charge in [0, 0.05) is 46.0 Å². The molecule has 26 heavy (non-hydrogen) atoms. The summed E-state index contributed by atoms with van der Waals surface area (Å²) >= 11 is 7.37. The van der Waals surface area contributed by atoms with Crippen LogP contribution in [0.3, 0.4) is 0 Å². The van der Waals surface area contributed by atoms with Crippen molar-refractivity contribution < 1.29 is 9.72 Å². The van der Waals surface area contributed by atoms with Gasteiger partial charge in [0.05, 0.1) is 4.92 Å². The molecule has 2 aromatic carbocycles. The third-order valence-electron chi connectivity index (χ3n) is 3.62. The summed E-state index contributed by atoms with van der Waals surface area (Å²) in [7, 11) is 0. The van der Waals surface area contributed by atoms with E-state index in [1.165, 1.54) is 30.0 Å². The largest absolute Gasteiger partial charge is 0.366 e. The molecular formula is C17H13ClN4O3S. The maximum atomic E-state index is 11.3. The number of nitro groups is 1. The van der Waals surface area contributed by atoms with Crippen molar-refractivity contribution in [1.82, 2.24) is 9.55 Å². The van der Waals surface area contributed by atoms with Gasteiger partial charge in [-0.1, -0.05) is 35.5 Å². The summed E-state index contributed by atoms with van der Waals surface area (Å²) in [5.41, 5.74) is 6.47. The molecule has 1 heterocycles. The number of hydrogen-bond acceptors (Lipinski definition) is 5. The molecule has 2 N–H and O–H groups in total. The first-order valence-electron chi connectivity index (χ1n) is 7.45. The summed E-state index contributed by atoms with van der Waals surface area (Å²) in [5.74, 6) is -0.392. The van der Waals surface area contributed by atoms with E-state index in [9.17, 15) is 14.9 Å². The molecular weight excluding hydrogens is 376 g/mol. The van der Waals surface area contributed by atoms with Crippen LogP contribution >= 0.6 is 23.4 Å². The first-order valence-corrected chi connectivity index (χ1v) is 8.81. The molecule has 0 bridgehead atoms. The van der Waals surface area contributed by atoms with E-state index >= 15 is 0 Å². The number of carbonyl (C=O) groups is 1. The Bertz CT molecular complexity index is 990. The number of nitrogens with two attached hydrogens (primary N) is 1. The maximum Gasteiger partial charge on any atom is 0.274 e. The van der Waals surface area contributed by atoms with Crippen LogP contribution in [0.25, 0.3) is 5.69 Å². The fraction of sp³-hybridized carbons (Fsp3) is 0.0588. The number of nitro benzene ring substituents is 1. The third kappa shape index (κ3) is 3.87. The van der Waals surface area contributed by atoms with Gasteiger partial charge in [0.15, 0.2) is 5.16 Å². The summed E-state index contributed by atoms with van der Waals surface area (Å²) in [6, 6.07) is 11.5. The van der Waals surface area contributed by atoms with Gasteiger partial charge in [-0.05, 0) is 24.3 Å². The summed E-state index contributed by atoms with van der Waals surface area (Å²) < 4.78 is 1.85. The molecule has 0 unspecified atom stereocenters. The van der Waals surface area contributed by atoms with Gasteiger partial charge in [0.1, 0.15) is 0 Å². The number of aromatic nitrogens is 2. The predicted octanol–water partition coefficient (Wildman–Crippen LogP) is 3.83. The quantitative estimate of drug-likeness (QED) is 0.392. The fourth-order valence-electron chi connectivity index (χ4n) is 2.37. The van der Waals surface area contributed by atoms with E-state index < -0.39 is 10.8 Å². The number of imidazole rings is 1. The molecule has 0 saturated carbocycles. The SMILES string of the molecule is NC(=O)c1ccc(CSc2nccn2-c2cccc(Cl)c2)c([N+](=O)[O-])c1. The fourth-order valence-corrected chi connectivity index (χ4v) is 3.52. The second-order valence-corrected chi connectivity index (χ2v) is 6.69. The highest BCUT2D eigenvalue weighted by atomic mass is 35.5.